The zero-order valence-corrected chi connectivity index (χ0v) is 19.0. The number of benzene rings is 3. The lowest BCUT2D eigenvalue weighted by molar-refractivity contribution is 0.102. The molecule has 0 unspecified atom stereocenters. The lowest BCUT2D eigenvalue weighted by atomic mass is 10.0. The van der Waals surface area contributed by atoms with Crippen LogP contribution < -0.4 is 10.2 Å². The molecule has 0 saturated carbocycles. The number of carbonyl (C=O) groups excluding carboxylic acids is 1. The Labute approximate surface area is 191 Å². The fourth-order valence-electron chi connectivity index (χ4n) is 3.89. The fraction of sp³-hybridized carbons (Fsp3) is 0.208. The summed E-state index contributed by atoms with van der Waals surface area (Å²) in [6.45, 7) is 0.595. The Morgan fingerprint density at radius 3 is 2.30 bits per heavy atom. The van der Waals surface area contributed by atoms with Crippen molar-refractivity contribution in [3.8, 4) is 0 Å². The van der Waals surface area contributed by atoms with Crippen LogP contribution in [-0.2, 0) is 23.0 Å². The van der Waals surface area contributed by atoms with Crippen molar-refractivity contribution in [2.24, 2.45) is 0 Å². The highest BCUT2D eigenvalue weighted by Gasteiger charge is 2.28. The zero-order valence-electron chi connectivity index (χ0n) is 18.2. The van der Waals surface area contributed by atoms with Gasteiger partial charge in [-0.3, -0.25) is 4.79 Å². The molecule has 3 aromatic carbocycles. The van der Waals surface area contributed by atoms with E-state index in [4.69, 9.17) is 0 Å². The molecule has 0 fully saturated rings. The van der Waals surface area contributed by atoms with Crippen LogP contribution >= 0.6 is 0 Å². The number of fused-ring (bicyclic) bond motifs is 1. The predicted octanol–water partition coefficient (Wildman–Crippen LogP) is 4.03. The molecule has 0 radical (unpaired) electrons. The summed E-state index contributed by atoms with van der Waals surface area (Å²) in [4.78, 5) is 14.0. The molecular formula is C24H23F2N3O3S. The van der Waals surface area contributed by atoms with Crippen molar-refractivity contribution in [2.75, 3.05) is 30.9 Å². The van der Waals surface area contributed by atoms with E-state index in [0.29, 0.717) is 13.0 Å². The van der Waals surface area contributed by atoms with Gasteiger partial charge in [-0.25, -0.2) is 17.2 Å². The third-order valence-corrected chi connectivity index (χ3v) is 7.39. The monoisotopic (exact) mass is 471 g/mol. The van der Waals surface area contributed by atoms with E-state index in [0.717, 1.165) is 23.3 Å². The van der Waals surface area contributed by atoms with E-state index in [1.54, 1.807) is 0 Å². The summed E-state index contributed by atoms with van der Waals surface area (Å²) < 4.78 is 56.3. The molecule has 1 aliphatic rings. The van der Waals surface area contributed by atoms with E-state index in [1.807, 2.05) is 24.3 Å². The van der Waals surface area contributed by atoms with Crippen molar-refractivity contribution in [3.05, 3.63) is 89.0 Å². The number of amides is 1. The van der Waals surface area contributed by atoms with Gasteiger partial charge in [-0.05, 0) is 47.9 Å². The molecule has 0 aliphatic carbocycles. The van der Waals surface area contributed by atoms with Gasteiger partial charge in [0.15, 0.2) is 11.6 Å². The highest BCUT2D eigenvalue weighted by Crippen LogP contribution is 2.27. The maximum absolute atomic E-state index is 14.2. The van der Waals surface area contributed by atoms with Crippen LogP contribution in [0.15, 0.2) is 65.6 Å². The number of carbonyl (C=O) groups is 1. The molecule has 4 rings (SSSR count). The van der Waals surface area contributed by atoms with Crippen LogP contribution in [0.3, 0.4) is 0 Å². The molecule has 0 saturated heterocycles. The number of halogens is 2. The predicted molar refractivity (Wildman–Crippen MR) is 123 cm³/mol. The summed E-state index contributed by atoms with van der Waals surface area (Å²) in [7, 11) is -0.821. The van der Waals surface area contributed by atoms with Crippen LogP contribution in [0.1, 0.15) is 21.5 Å². The van der Waals surface area contributed by atoms with Gasteiger partial charge < -0.3 is 10.2 Å². The minimum absolute atomic E-state index is 0.0187. The first-order valence-electron chi connectivity index (χ1n) is 10.3. The summed E-state index contributed by atoms with van der Waals surface area (Å²) in [6.07, 6.45) is 0.607. The lowest BCUT2D eigenvalue weighted by Crippen LogP contribution is -2.36. The van der Waals surface area contributed by atoms with Crippen molar-refractivity contribution >= 4 is 27.3 Å². The van der Waals surface area contributed by atoms with Crippen molar-refractivity contribution in [1.82, 2.24) is 4.31 Å². The smallest absolute Gasteiger partial charge is 0.255 e. The molecule has 9 heteroatoms. The molecule has 33 heavy (non-hydrogen) atoms. The molecule has 1 amide bonds. The van der Waals surface area contributed by atoms with Gasteiger partial charge in [0, 0.05) is 38.4 Å². The summed E-state index contributed by atoms with van der Waals surface area (Å²) in [5.41, 5.74) is 1.85. The quantitative estimate of drug-likeness (QED) is 0.610. The topological polar surface area (TPSA) is 69.7 Å². The molecule has 3 aromatic rings. The van der Waals surface area contributed by atoms with Crippen molar-refractivity contribution in [2.45, 2.75) is 17.9 Å². The van der Waals surface area contributed by atoms with Gasteiger partial charge in [-0.1, -0.05) is 30.3 Å². The molecule has 6 nitrogen and oxygen atoms in total. The standard InChI is InChI=1S/C24H23F2N3O3S/c1-28(2)23-21(25)13-19(14-22(23)26)27-24(30)17-8-5-9-20(12-17)33(31,32)29-11-10-16-6-3-4-7-18(16)15-29/h3-9,12-14H,10-11,15H2,1-2H3,(H,27,30). The lowest BCUT2D eigenvalue weighted by Gasteiger charge is -2.28. The average molecular weight is 472 g/mol. The van der Waals surface area contributed by atoms with Gasteiger partial charge >= 0.3 is 0 Å². The Bertz CT molecular complexity index is 1300. The molecular weight excluding hydrogens is 448 g/mol. The van der Waals surface area contributed by atoms with Gasteiger partial charge in [0.1, 0.15) is 5.69 Å². The van der Waals surface area contributed by atoms with Gasteiger partial charge in [0.2, 0.25) is 10.0 Å². The number of anilines is 2. The van der Waals surface area contributed by atoms with E-state index in [1.165, 1.54) is 47.6 Å². The van der Waals surface area contributed by atoms with E-state index in [9.17, 15) is 22.0 Å². The van der Waals surface area contributed by atoms with Gasteiger partial charge in [-0.2, -0.15) is 4.31 Å². The molecule has 1 N–H and O–H groups in total. The summed E-state index contributed by atoms with van der Waals surface area (Å²) in [6, 6.07) is 15.3. The first-order chi connectivity index (χ1) is 15.7. The third-order valence-electron chi connectivity index (χ3n) is 5.55. The largest absolute Gasteiger partial charge is 0.373 e. The summed E-state index contributed by atoms with van der Waals surface area (Å²) >= 11 is 0. The third kappa shape index (κ3) is 4.60. The highest BCUT2D eigenvalue weighted by atomic mass is 32.2. The van der Waals surface area contributed by atoms with Crippen LogP contribution in [0.2, 0.25) is 0 Å². The summed E-state index contributed by atoms with van der Waals surface area (Å²) in [5, 5.41) is 2.43. The number of nitrogens with one attached hydrogen (secondary N) is 1. The minimum atomic E-state index is -3.83. The summed E-state index contributed by atoms with van der Waals surface area (Å²) in [5.74, 6) is -2.32. The normalized spacial score (nSPS) is 13.9. The second-order valence-corrected chi connectivity index (χ2v) is 9.96. The van der Waals surface area contributed by atoms with Crippen LogP contribution in [0.4, 0.5) is 20.2 Å². The van der Waals surface area contributed by atoms with Gasteiger partial charge in [0.25, 0.3) is 5.91 Å². The first-order valence-corrected chi connectivity index (χ1v) is 11.8. The van der Waals surface area contributed by atoms with Crippen molar-refractivity contribution in [3.63, 3.8) is 0 Å². The Hall–Kier alpha value is -3.30. The number of rotatable bonds is 5. The highest BCUT2D eigenvalue weighted by molar-refractivity contribution is 7.89. The molecule has 0 aromatic heterocycles. The Kier molecular flexibility index (Phi) is 6.18. The fourth-order valence-corrected chi connectivity index (χ4v) is 5.36. The maximum atomic E-state index is 14.2. The van der Waals surface area contributed by atoms with Crippen LogP contribution in [0, 0.1) is 11.6 Å². The maximum Gasteiger partial charge on any atom is 0.255 e. The second kappa shape index (κ2) is 8.92. The van der Waals surface area contributed by atoms with E-state index < -0.39 is 27.6 Å². The average Bonchev–Trinajstić information content (AvgIpc) is 2.78. The van der Waals surface area contributed by atoms with E-state index in [-0.39, 0.29) is 28.4 Å². The Balaban J connectivity index is 1.56. The molecule has 1 aliphatic heterocycles. The second-order valence-electron chi connectivity index (χ2n) is 8.02. The van der Waals surface area contributed by atoms with E-state index in [2.05, 4.69) is 5.32 Å². The van der Waals surface area contributed by atoms with E-state index >= 15 is 0 Å². The number of hydrogen-bond donors (Lipinski definition) is 1. The number of nitrogens with zero attached hydrogens (tertiary/aromatic N) is 2. The minimum Gasteiger partial charge on any atom is -0.373 e. The van der Waals surface area contributed by atoms with Crippen LogP contribution in [-0.4, -0.2) is 39.3 Å². The number of hydrogen-bond acceptors (Lipinski definition) is 4. The Morgan fingerprint density at radius 1 is 0.970 bits per heavy atom. The molecule has 0 bridgehead atoms. The SMILES string of the molecule is CN(C)c1c(F)cc(NC(=O)c2cccc(S(=O)(=O)N3CCc4ccccc4C3)c2)cc1F. The van der Waals surface area contributed by atoms with Crippen molar-refractivity contribution in [1.29, 1.82) is 0 Å². The van der Waals surface area contributed by atoms with Crippen molar-refractivity contribution < 1.29 is 22.0 Å². The molecule has 172 valence electrons. The van der Waals surface area contributed by atoms with Gasteiger partial charge in [0.05, 0.1) is 4.90 Å². The van der Waals surface area contributed by atoms with Crippen LogP contribution in [0.5, 0.6) is 0 Å². The first kappa shape index (κ1) is 22.9. The number of sulfonamides is 1. The van der Waals surface area contributed by atoms with Crippen LogP contribution in [0.25, 0.3) is 0 Å². The molecule has 1 heterocycles. The zero-order chi connectivity index (χ0) is 23.8. The van der Waals surface area contributed by atoms with Gasteiger partial charge in [-0.15, -0.1) is 0 Å². The molecule has 0 atom stereocenters. The Morgan fingerprint density at radius 2 is 1.64 bits per heavy atom. The molecule has 0 spiro atoms.